The first-order chi connectivity index (χ1) is 10.2. The summed E-state index contributed by atoms with van der Waals surface area (Å²) >= 11 is 1.79. The van der Waals surface area contributed by atoms with Crippen LogP contribution in [0.15, 0.2) is 22.6 Å². The largest absolute Gasteiger partial charge is 0.441 e. The van der Waals surface area contributed by atoms with Crippen LogP contribution in [0.3, 0.4) is 0 Å². The number of hydrogen-bond donors (Lipinski definition) is 1. The highest BCUT2D eigenvalue weighted by molar-refractivity contribution is 7.98. The van der Waals surface area contributed by atoms with E-state index in [2.05, 4.69) is 23.5 Å². The Kier molecular flexibility index (Phi) is 6.11. The third-order valence-corrected chi connectivity index (χ3v) is 3.95. The molecule has 0 bridgehead atoms. The average Bonchev–Trinajstić information content (AvgIpc) is 2.91. The fourth-order valence-corrected chi connectivity index (χ4v) is 2.50. The number of rotatable bonds is 8. The zero-order chi connectivity index (χ0) is 15.1. The Hall–Kier alpha value is -1.49. The van der Waals surface area contributed by atoms with Crippen LogP contribution < -0.4 is 5.32 Å². The molecule has 1 aromatic heterocycles. The predicted molar refractivity (Wildman–Crippen MR) is 88.0 cm³/mol. The molecule has 2 rings (SSSR count). The maximum atomic E-state index is 12.1. The van der Waals surface area contributed by atoms with Crippen molar-refractivity contribution < 1.29 is 9.21 Å². The van der Waals surface area contributed by atoms with Crippen molar-refractivity contribution in [3.8, 4) is 0 Å². The van der Waals surface area contributed by atoms with Crippen LogP contribution in [-0.2, 0) is 6.42 Å². The summed E-state index contributed by atoms with van der Waals surface area (Å²) in [5.74, 6) is 1.77. The third-order valence-electron chi connectivity index (χ3n) is 3.25. The van der Waals surface area contributed by atoms with Crippen LogP contribution in [-0.4, -0.2) is 29.4 Å². The molecule has 2 aromatic rings. The molecule has 0 unspecified atom stereocenters. The average molecular weight is 306 g/mol. The molecule has 1 heterocycles. The summed E-state index contributed by atoms with van der Waals surface area (Å²) in [5.41, 5.74) is 2.15. The van der Waals surface area contributed by atoms with E-state index in [4.69, 9.17) is 4.42 Å². The molecule has 0 atom stereocenters. The lowest BCUT2D eigenvalue weighted by Crippen LogP contribution is -2.24. The van der Waals surface area contributed by atoms with Gasteiger partial charge in [-0.1, -0.05) is 13.3 Å². The number of aromatic nitrogens is 1. The lowest BCUT2D eigenvalue weighted by molar-refractivity contribution is 0.0954. The van der Waals surface area contributed by atoms with Crippen molar-refractivity contribution in [1.82, 2.24) is 10.3 Å². The summed E-state index contributed by atoms with van der Waals surface area (Å²) in [6, 6.07) is 5.42. The molecule has 5 heteroatoms. The molecule has 0 saturated heterocycles. The summed E-state index contributed by atoms with van der Waals surface area (Å²) < 4.78 is 5.67. The summed E-state index contributed by atoms with van der Waals surface area (Å²) in [6.45, 7) is 2.85. The summed E-state index contributed by atoms with van der Waals surface area (Å²) in [6.07, 6.45) is 6.08. The first kappa shape index (κ1) is 15.9. The van der Waals surface area contributed by atoms with Gasteiger partial charge in [0.15, 0.2) is 11.5 Å². The molecule has 4 nitrogen and oxygen atoms in total. The van der Waals surface area contributed by atoms with Crippen molar-refractivity contribution in [3.05, 3.63) is 29.7 Å². The van der Waals surface area contributed by atoms with Crippen LogP contribution in [0, 0.1) is 0 Å². The van der Waals surface area contributed by atoms with Crippen LogP contribution >= 0.6 is 11.8 Å². The first-order valence-corrected chi connectivity index (χ1v) is 8.80. The van der Waals surface area contributed by atoms with Gasteiger partial charge in [0.25, 0.3) is 5.91 Å². The van der Waals surface area contributed by atoms with Gasteiger partial charge in [0.05, 0.1) is 0 Å². The van der Waals surface area contributed by atoms with Gasteiger partial charge in [-0.2, -0.15) is 11.8 Å². The van der Waals surface area contributed by atoms with E-state index >= 15 is 0 Å². The maximum Gasteiger partial charge on any atom is 0.251 e. The van der Waals surface area contributed by atoms with Gasteiger partial charge in [0.1, 0.15) is 5.52 Å². The number of thioether (sulfide) groups is 1. The molecule has 114 valence electrons. The minimum absolute atomic E-state index is 0.0453. The number of carbonyl (C=O) groups excluding carboxylic acids is 1. The Morgan fingerprint density at radius 3 is 3.00 bits per heavy atom. The second-order valence-corrected chi connectivity index (χ2v) is 5.98. The Labute approximate surface area is 129 Å². The van der Waals surface area contributed by atoms with Gasteiger partial charge < -0.3 is 9.73 Å². The van der Waals surface area contributed by atoms with Gasteiger partial charge in [-0.05, 0) is 43.0 Å². The van der Waals surface area contributed by atoms with Crippen LogP contribution in [0.1, 0.15) is 42.4 Å². The molecule has 0 fully saturated rings. The lowest BCUT2D eigenvalue weighted by Gasteiger charge is -2.04. The van der Waals surface area contributed by atoms with Crippen LogP contribution in [0.4, 0.5) is 0 Å². The van der Waals surface area contributed by atoms with E-state index in [9.17, 15) is 4.79 Å². The molecular formula is C16H22N2O2S. The Balaban J connectivity index is 2.02. The van der Waals surface area contributed by atoms with Crippen molar-refractivity contribution in [3.63, 3.8) is 0 Å². The van der Waals surface area contributed by atoms with E-state index in [0.29, 0.717) is 12.1 Å². The summed E-state index contributed by atoms with van der Waals surface area (Å²) in [7, 11) is 0. The predicted octanol–water partition coefficient (Wildman–Crippen LogP) is 3.65. The highest BCUT2D eigenvalue weighted by Gasteiger charge is 2.10. The second-order valence-electron chi connectivity index (χ2n) is 5.00. The van der Waals surface area contributed by atoms with Crippen LogP contribution in [0.2, 0.25) is 0 Å². The number of fused-ring (bicyclic) bond motifs is 1. The zero-order valence-electron chi connectivity index (χ0n) is 12.6. The van der Waals surface area contributed by atoms with Crippen molar-refractivity contribution >= 4 is 28.8 Å². The normalized spacial score (nSPS) is 11.0. The molecule has 1 N–H and O–H groups in total. The Morgan fingerprint density at radius 2 is 2.24 bits per heavy atom. The zero-order valence-corrected chi connectivity index (χ0v) is 13.5. The lowest BCUT2D eigenvalue weighted by atomic mass is 10.2. The fourth-order valence-electron chi connectivity index (χ4n) is 2.07. The van der Waals surface area contributed by atoms with E-state index < -0.39 is 0 Å². The van der Waals surface area contributed by atoms with E-state index in [1.54, 1.807) is 23.9 Å². The molecule has 0 spiro atoms. The van der Waals surface area contributed by atoms with E-state index in [1.807, 2.05) is 6.07 Å². The quantitative estimate of drug-likeness (QED) is 0.756. The van der Waals surface area contributed by atoms with Crippen molar-refractivity contribution in [2.75, 3.05) is 18.6 Å². The number of unbranched alkanes of at least 4 members (excludes halogenated alkanes) is 1. The number of hydrogen-bond acceptors (Lipinski definition) is 4. The number of nitrogens with one attached hydrogen (secondary N) is 1. The van der Waals surface area contributed by atoms with Crippen molar-refractivity contribution in [1.29, 1.82) is 0 Å². The van der Waals surface area contributed by atoms with Gasteiger partial charge in [0.2, 0.25) is 0 Å². The molecule has 0 aliphatic carbocycles. The Bertz CT molecular complexity index is 595. The first-order valence-electron chi connectivity index (χ1n) is 7.41. The van der Waals surface area contributed by atoms with E-state index in [1.165, 1.54) is 0 Å². The molecule has 1 aromatic carbocycles. The van der Waals surface area contributed by atoms with Gasteiger partial charge in [-0.15, -0.1) is 0 Å². The van der Waals surface area contributed by atoms with Crippen molar-refractivity contribution in [2.24, 2.45) is 0 Å². The molecule has 1 amide bonds. The number of oxazole rings is 1. The Morgan fingerprint density at radius 1 is 1.38 bits per heavy atom. The van der Waals surface area contributed by atoms with Crippen LogP contribution in [0.5, 0.6) is 0 Å². The third kappa shape index (κ3) is 4.49. The number of benzene rings is 1. The van der Waals surface area contributed by atoms with Gasteiger partial charge in [0, 0.05) is 18.5 Å². The van der Waals surface area contributed by atoms with Crippen molar-refractivity contribution in [2.45, 2.75) is 32.6 Å². The van der Waals surface area contributed by atoms with E-state index in [-0.39, 0.29) is 5.91 Å². The molecule has 21 heavy (non-hydrogen) atoms. The SMILES string of the molecule is CCCCc1nc2cc(C(=O)NCCCSC)ccc2o1. The number of amides is 1. The van der Waals surface area contributed by atoms with E-state index in [0.717, 1.165) is 48.4 Å². The summed E-state index contributed by atoms with van der Waals surface area (Å²) in [5, 5.41) is 2.93. The highest BCUT2D eigenvalue weighted by atomic mass is 32.2. The number of nitrogens with zero attached hydrogens (tertiary/aromatic N) is 1. The monoisotopic (exact) mass is 306 g/mol. The van der Waals surface area contributed by atoms with Crippen LogP contribution in [0.25, 0.3) is 11.1 Å². The highest BCUT2D eigenvalue weighted by Crippen LogP contribution is 2.18. The van der Waals surface area contributed by atoms with Gasteiger partial charge in [-0.3, -0.25) is 4.79 Å². The topological polar surface area (TPSA) is 55.1 Å². The molecule has 0 aliphatic heterocycles. The standard InChI is InChI=1S/C16H22N2O2S/c1-3-4-6-15-18-13-11-12(7-8-14(13)20-15)16(19)17-9-5-10-21-2/h7-8,11H,3-6,9-10H2,1-2H3,(H,17,19). The minimum atomic E-state index is -0.0453. The fraction of sp³-hybridized carbons (Fsp3) is 0.500. The molecular weight excluding hydrogens is 284 g/mol. The molecule has 0 saturated carbocycles. The smallest absolute Gasteiger partial charge is 0.251 e. The molecule has 0 aliphatic rings. The summed E-state index contributed by atoms with van der Waals surface area (Å²) in [4.78, 5) is 16.5. The second kappa shape index (κ2) is 8.08. The van der Waals surface area contributed by atoms with Gasteiger partial charge in [-0.25, -0.2) is 4.98 Å². The number of aryl methyl sites for hydroxylation is 1. The number of carbonyl (C=O) groups is 1. The molecule has 0 radical (unpaired) electrons. The van der Waals surface area contributed by atoms with Gasteiger partial charge >= 0.3 is 0 Å². The maximum absolute atomic E-state index is 12.1. The minimum Gasteiger partial charge on any atom is -0.441 e.